The summed E-state index contributed by atoms with van der Waals surface area (Å²) in [6.07, 6.45) is 3.79. The van der Waals surface area contributed by atoms with E-state index in [-0.39, 0.29) is 0 Å². The number of ether oxygens (including phenoxy) is 1. The van der Waals surface area contributed by atoms with Crippen molar-refractivity contribution in [3.63, 3.8) is 0 Å². The second-order valence-electron chi connectivity index (χ2n) is 4.79. The third-order valence-electron chi connectivity index (χ3n) is 3.74. The molecule has 3 rings (SSSR count). The summed E-state index contributed by atoms with van der Waals surface area (Å²) in [7, 11) is 0. The van der Waals surface area contributed by atoms with Gasteiger partial charge in [0.2, 0.25) is 0 Å². The number of piperidine rings is 1. The molecule has 2 saturated heterocycles. The SMILES string of the molecule is Nc1cnn(C2CCN(C3COC3)CC2)c1Cl. The summed E-state index contributed by atoms with van der Waals surface area (Å²) < 4.78 is 7.09. The molecule has 2 aliphatic rings. The van der Waals surface area contributed by atoms with Crippen LogP contribution in [0.4, 0.5) is 5.69 Å². The van der Waals surface area contributed by atoms with Gasteiger partial charge in [0, 0.05) is 13.1 Å². The molecule has 17 heavy (non-hydrogen) atoms. The highest BCUT2D eigenvalue weighted by Crippen LogP contribution is 2.29. The van der Waals surface area contributed by atoms with Gasteiger partial charge >= 0.3 is 0 Å². The number of aromatic nitrogens is 2. The lowest BCUT2D eigenvalue weighted by molar-refractivity contribution is -0.0734. The largest absolute Gasteiger partial charge is 0.395 e. The Hall–Kier alpha value is -0.780. The van der Waals surface area contributed by atoms with Gasteiger partial charge in [-0.3, -0.25) is 4.90 Å². The molecular formula is C11H17ClN4O. The van der Waals surface area contributed by atoms with Crippen molar-refractivity contribution >= 4 is 17.3 Å². The number of nitrogens with zero attached hydrogens (tertiary/aromatic N) is 3. The van der Waals surface area contributed by atoms with Gasteiger partial charge < -0.3 is 10.5 Å². The quantitative estimate of drug-likeness (QED) is 0.863. The summed E-state index contributed by atoms with van der Waals surface area (Å²) in [5.74, 6) is 0. The van der Waals surface area contributed by atoms with Gasteiger partial charge in [0.05, 0.1) is 37.2 Å². The zero-order chi connectivity index (χ0) is 11.8. The first-order valence-corrected chi connectivity index (χ1v) is 6.44. The summed E-state index contributed by atoms with van der Waals surface area (Å²) >= 11 is 6.12. The smallest absolute Gasteiger partial charge is 0.150 e. The molecule has 0 spiro atoms. The Bertz CT molecular complexity index is 396. The van der Waals surface area contributed by atoms with Gasteiger partial charge in [0.1, 0.15) is 5.15 Å². The number of hydrogen-bond acceptors (Lipinski definition) is 4. The van der Waals surface area contributed by atoms with Crippen LogP contribution in [0.3, 0.4) is 0 Å². The molecule has 3 heterocycles. The van der Waals surface area contributed by atoms with Crippen LogP contribution >= 0.6 is 11.6 Å². The van der Waals surface area contributed by atoms with E-state index in [1.165, 1.54) is 0 Å². The summed E-state index contributed by atoms with van der Waals surface area (Å²) in [4.78, 5) is 2.50. The number of nitrogen functional groups attached to an aromatic ring is 1. The van der Waals surface area contributed by atoms with E-state index in [1.54, 1.807) is 6.20 Å². The van der Waals surface area contributed by atoms with Crippen LogP contribution in [0.15, 0.2) is 6.20 Å². The molecule has 6 heteroatoms. The van der Waals surface area contributed by atoms with Gasteiger partial charge in [-0.1, -0.05) is 11.6 Å². The molecule has 2 N–H and O–H groups in total. The van der Waals surface area contributed by atoms with Gasteiger partial charge in [-0.15, -0.1) is 0 Å². The number of anilines is 1. The minimum Gasteiger partial charge on any atom is -0.395 e. The van der Waals surface area contributed by atoms with E-state index in [1.807, 2.05) is 4.68 Å². The standard InChI is InChI=1S/C11H17ClN4O/c12-11-10(13)5-14-16(11)8-1-3-15(4-2-8)9-6-17-7-9/h5,8-9H,1-4,6-7,13H2. The molecule has 0 amide bonds. The Labute approximate surface area is 105 Å². The van der Waals surface area contributed by atoms with Gasteiger partial charge in [-0.2, -0.15) is 5.10 Å². The van der Waals surface area contributed by atoms with Gasteiger partial charge in [0.25, 0.3) is 0 Å². The van der Waals surface area contributed by atoms with Crippen LogP contribution in [0.1, 0.15) is 18.9 Å². The molecule has 1 aromatic heterocycles. The minimum atomic E-state index is 0.386. The van der Waals surface area contributed by atoms with Crippen molar-refractivity contribution in [2.45, 2.75) is 24.9 Å². The van der Waals surface area contributed by atoms with Gasteiger partial charge in [-0.25, -0.2) is 4.68 Å². The predicted octanol–water partition coefficient (Wildman–Crippen LogP) is 1.15. The Morgan fingerprint density at radius 1 is 1.29 bits per heavy atom. The van der Waals surface area contributed by atoms with Gasteiger partial charge in [-0.05, 0) is 12.8 Å². The fourth-order valence-corrected chi connectivity index (χ4v) is 2.78. The second kappa shape index (κ2) is 4.48. The van der Waals surface area contributed by atoms with Crippen LogP contribution in [-0.4, -0.2) is 47.0 Å². The summed E-state index contributed by atoms with van der Waals surface area (Å²) in [6.45, 7) is 3.96. The zero-order valence-corrected chi connectivity index (χ0v) is 10.4. The summed E-state index contributed by atoms with van der Waals surface area (Å²) in [5, 5.41) is 4.84. The first kappa shape index (κ1) is 11.3. The van der Waals surface area contributed by atoms with Crippen LogP contribution in [0, 0.1) is 0 Å². The van der Waals surface area contributed by atoms with Crippen LogP contribution in [0.5, 0.6) is 0 Å². The normalized spacial score (nSPS) is 23.8. The van der Waals surface area contributed by atoms with Crippen LogP contribution in [0.2, 0.25) is 5.15 Å². The highest BCUT2D eigenvalue weighted by atomic mass is 35.5. The van der Waals surface area contributed by atoms with E-state index in [9.17, 15) is 0 Å². The average Bonchev–Trinajstić information content (AvgIpc) is 2.59. The third kappa shape index (κ3) is 2.03. The lowest BCUT2D eigenvalue weighted by Crippen LogP contribution is -2.51. The number of rotatable bonds is 2. The highest BCUT2D eigenvalue weighted by Gasteiger charge is 2.30. The van der Waals surface area contributed by atoms with Crippen molar-refractivity contribution in [3.05, 3.63) is 11.3 Å². The first-order chi connectivity index (χ1) is 8.25. The summed E-state index contributed by atoms with van der Waals surface area (Å²) in [5.41, 5.74) is 6.28. The maximum absolute atomic E-state index is 6.12. The Balaban J connectivity index is 1.62. The third-order valence-corrected chi connectivity index (χ3v) is 4.13. The molecule has 0 aromatic carbocycles. The highest BCUT2D eigenvalue weighted by molar-refractivity contribution is 6.32. The van der Waals surface area contributed by atoms with E-state index in [2.05, 4.69) is 10.00 Å². The second-order valence-corrected chi connectivity index (χ2v) is 5.15. The Morgan fingerprint density at radius 3 is 2.47 bits per heavy atom. The molecule has 94 valence electrons. The molecule has 0 bridgehead atoms. The van der Waals surface area contributed by atoms with Crippen molar-refractivity contribution in [3.8, 4) is 0 Å². The average molecular weight is 257 g/mol. The fourth-order valence-electron chi connectivity index (χ4n) is 2.54. The van der Waals surface area contributed by atoms with Crippen molar-refractivity contribution in [1.82, 2.24) is 14.7 Å². The molecule has 0 atom stereocenters. The van der Waals surface area contributed by atoms with Crippen LogP contribution < -0.4 is 5.73 Å². The monoisotopic (exact) mass is 256 g/mol. The van der Waals surface area contributed by atoms with E-state index in [4.69, 9.17) is 22.1 Å². The maximum Gasteiger partial charge on any atom is 0.150 e. The maximum atomic E-state index is 6.12. The van der Waals surface area contributed by atoms with Crippen molar-refractivity contribution < 1.29 is 4.74 Å². The Kier molecular flexibility index (Phi) is 2.98. The predicted molar refractivity (Wildman–Crippen MR) is 66.1 cm³/mol. The number of halogens is 1. The van der Waals surface area contributed by atoms with Crippen LogP contribution in [0.25, 0.3) is 0 Å². The molecule has 5 nitrogen and oxygen atoms in total. The molecule has 2 fully saturated rings. The number of nitrogens with two attached hydrogens (primary N) is 1. The molecule has 0 unspecified atom stereocenters. The lowest BCUT2D eigenvalue weighted by atomic mass is 10.0. The van der Waals surface area contributed by atoms with E-state index in [0.717, 1.165) is 39.1 Å². The topological polar surface area (TPSA) is 56.3 Å². The first-order valence-electron chi connectivity index (χ1n) is 6.06. The summed E-state index contributed by atoms with van der Waals surface area (Å²) in [6, 6.07) is 1.02. The van der Waals surface area contributed by atoms with Crippen molar-refractivity contribution in [2.24, 2.45) is 0 Å². The van der Waals surface area contributed by atoms with Crippen molar-refractivity contribution in [2.75, 3.05) is 32.0 Å². The van der Waals surface area contributed by atoms with Crippen LogP contribution in [-0.2, 0) is 4.74 Å². The lowest BCUT2D eigenvalue weighted by Gasteiger charge is -2.41. The molecular weight excluding hydrogens is 240 g/mol. The zero-order valence-electron chi connectivity index (χ0n) is 9.68. The van der Waals surface area contributed by atoms with E-state index in [0.29, 0.717) is 22.9 Å². The van der Waals surface area contributed by atoms with E-state index < -0.39 is 0 Å². The van der Waals surface area contributed by atoms with Crippen molar-refractivity contribution in [1.29, 1.82) is 0 Å². The minimum absolute atomic E-state index is 0.386. The Morgan fingerprint density at radius 2 is 2.00 bits per heavy atom. The van der Waals surface area contributed by atoms with Gasteiger partial charge in [0.15, 0.2) is 0 Å². The number of likely N-dealkylation sites (tertiary alicyclic amines) is 1. The fraction of sp³-hybridized carbons (Fsp3) is 0.727. The molecule has 2 aliphatic heterocycles. The number of hydrogen-bond donors (Lipinski definition) is 1. The molecule has 0 saturated carbocycles. The molecule has 0 radical (unpaired) electrons. The molecule has 1 aromatic rings. The van der Waals surface area contributed by atoms with E-state index >= 15 is 0 Å². The molecule has 0 aliphatic carbocycles.